The minimum atomic E-state index is -0.0361. The molecule has 0 aromatic carbocycles. The molecule has 0 aliphatic carbocycles. The number of aromatic nitrogens is 2. The number of nitrogens with zero attached hydrogens (tertiary/aromatic N) is 3. The molecule has 0 unspecified atom stereocenters. The lowest BCUT2D eigenvalue weighted by molar-refractivity contribution is 0.00843. The Morgan fingerprint density at radius 3 is 2.59 bits per heavy atom. The van der Waals surface area contributed by atoms with Gasteiger partial charge in [-0.2, -0.15) is 5.10 Å². The Kier molecular flexibility index (Phi) is 7.62. The minimum absolute atomic E-state index is 0. The van der Waals surface area contributed by atoms with Crippen molar-refractivity contribution in [3.05, 3.63) is 16.4 Å². The lowest BCUT2D eigenvalue weighted by Gasteiger charge is -2.32. The zero-order valence-electron chi connectivity index (χ0n) is 13.0. The number of hydrogen-bond donors (Lipinski definition) is 1. The highest BCUT2D eigenvalue weighted by Crippen LogP contribution is 2.23. The summed E-state index contributed by atoms with van der Waals surface area (Å²) >= 11 is 6.16. The van der Waals surface area contributed by atoms with E-state index in [0.29, 0.717) is 42.7 Å². The van der Waals surface area contributed by atoms with Crippen LogP contribution in [0.4, 0.5) is 0 Å². The monoisotopic (exact) mass is 350 g/mol. The van der Waals surface area contributed by atoms with E-state index in [-0.39, 0.29) is 24.4 Å². The van der Waals surface area contributed by atoms with Gasteiger partial charge in [0.15, 0.2) is 0 Å². The molecule has 0 saturated carbocycles. The molecule has 0 radical (unpaired) electrons. The van der Waals surface area contributed by atoms with E-state index in [2.05, 4.69) is 5.10 Å². The van der Waals surface area contributed by atoms with E-state index in [0.717, 1.165) is 19.3 Å². The number of piperidine rings is 1. The first-order valence-electron chi connectivity index (χ1n) is 7.34. The number of hydrogen-bond acceptors (Lipinski definition) is 4. The van der Waals surface area contributed by atoms with E-state index in [1.807, 2.05) is 11.8 Å². The molecule has 1 aromatic rings. The van der Waals surface area contributed by atoms with Gasteiger partial charge in [0.25, 0.3) is 5.91 Å². The number of ether oxygens (including phenoxy) is 1. The number of halogens is 2. The lowest BCUT2D eigenvalue weighted by Crippen LogP contribution is -2.41. The van der Waals surface area contributed by atoms with E-state index in [9.17, 15) is 4.79 Å². The zero-order valence-corrected chi connectivity index (χ0v) is 14.6. The number of carbonyl (C=O) groups excluding carboxylic acids is 1. The van der Waals surface area contributed by atoms with E-state index in [1.54, 1.807) is 7.05 Å². The third kappa shape index (κ3) is 4.35. The van der Waals surface area contributed by atoms with Gasteiger partial charge < -0.3 is 15.4 Å². The first kappa shape index (κ1) is 19.2. The predicted molar refractivity (Wildman–Crippen MR) is 88.8 cm³/mol. The predicted octanol–water partition coefficient (Wildman–Crippen LogP) is 1.77. The van der Waals surface area contributed by atoms with Crippen molar-refractivity contribution in [2.24, 2.45) is 12.8 Å². The van der Waals surface area contributed by atoms with E-state index >= 15 is 0 Å². The van der Waals surface area contributed by atoms with E-state index in [1.165, 1.54) is 4.68 Å². The van der Waals surface area contributed by atoms with Crippen LogP contribution < -0.4 is 5.73 Å². The third-order valence-corrected chi connectivity index (χ3v) is 4.23. The SMILES string of the molecule is Cc1nn(C)c(Cl)c1C(=O)N1CCC(OCCCN)CC1.Cl. The zero-order chi connectivity index (χ0) is 15.4. The van der Waals surface area contributed by atoms with Crippen LogP contribution >= 0.6 is 24.0 Å². The van der Waals surface area contributed by atoms with E-state index in [4.69, 9.17) is 22.1 Å². The van der Waals surface area contributed by atoms with Gasteiger partial charge in [0.1, 0.15) is 5.15 Å². The Hall–Kier alpha value is -0.820. The Balaban J connectivity index is 0.00000242. The van der Waals surface area contributed by atoms with Gasteiger partial charge in [0.2, 0.25) is 0 Å². The topological polar surface area (TPSA) is 73.4 Å². The normalized spacial score (nSPS) is 15.7. The van der Waals surface area contributed by atoms with Crippen LogP contribution in [0, 0.1) is 6.92 Å². The van der Waals surface area contributed by atoms with Crippen LogP contribution in [0.2, 0.25) is 5.15 Å². The molecule has 1 aliphatic rings. The van der Waals surface area contributed by atoms with Gasteiger partial charge >= 0.3 is 0 Å². The van der Waals surface area contributed by atoms with Gasteiger partial charge in [0.05, 0.1) is 17.4 Å². The van der Waals surface area contributed by atoms with Gasteiger partial charge in [-0.3, -0.25) is 9.48 Å². The quantitative estimate of drug-likeness (QED) is 0.821. The summed E-state index contributed by atoms with van der Waals surface area (Å²) in [6.07, 6.45) is 2.82. The van der Waals surface area contributed by atoms with Crippen molar-refractivity contribution in [3.8, 4) is 0 Å². The molecule has 1 aromatic heterocycles. The molecule has 1 amide bonds. The average Bonchev–Trinajstić information content (AvgIpc) is 2.72. The van der Waals surface area contributed by atoms with Crippen molar-refractivity contribution in [2.75, 3.05) is 26.2 Å². The molecule has 1 fully saturated rings. The second-order valence-electron chi connectivity index (χ2n) is 5.38. The van der Waals surface area contributed by atoms with Crippen LogP contribution in [0.25, 0.3) is 0 Å². The van der Waals surface area contributed by atoms with Crippen molar-refractivity contribution in [1.29, 1.82) is 0 Å². The van der Waals surface area contributed by atoms with Gasteiger partial charge in [-0.25, -0.2) is 0 Å². The average molecular weight is 351 g/mol. The highest BCUT2D eigenvalue weighted by molar-refractivity contribution is 6.33. The maximum atomic E-state index is 12.6. The molecule has 126 valence electrons. The molecular formula is C14H24Cl2N4O2. The number of likely N-dealkylation sites (tertiary alicyclic amines) is 1. The van der Waals surface area contributed by atoms with Crippen LogP contribution in [0.15, 0.2) is 0 Å². The molecule has 2 rings (SSSR count). The Morgan fingerprint density at radius 1 is 1.45 bits per heavy atom. The molecule has 1 saturated heterocycles. The number of rotatable bonds is 5. The fourth-order valence-electron chi connectivity index (χ4n) is 2.59. The van der Waals surface area contributed by atoms with E-state index < -0.39 is 0 Å². The second-order valence-corrected chi connectivity index (χ2v) is 5.74. The molecule has 6 nitrogen and oxygen atoms in total. The molecule has 0 atom stereocenters. The standard InChI is InChI=1S/C14H23ClN4O2.ClH/c1-10-12(13(15)18(2)17-10)14(20)19-7-4-11(5-8-19)21-9-3-6-16;/h11H,3-9,16H2,1-2H3;1H. The molecule has 22 heavy (non-hydrogen) atoms. The summed E-state index contributed by atoms with van der Waals surface area (Å²) in [5.74, 6) is -0.0361. The number of nitrogens with two attached hydrogens (primary N) is 1. The summed E-state index contributed by atoms with van der Waals surface area (Å²) in [4.78, 5) is 14.4. The van der Waals surface area contributed by atoms with Crippen LogP contribution in [0.1, 0.15) is 35.3 Å². The Morgan fingerprint density at radius 2 is 2.09 bits per heavy atom. The van der Waals surface area contributed by atoms with Crippen LogP contribution in [0.5, 0.6) is 0 Å². The fraction of sp³-hybridized carbons (Fsp3) is 0.714. The van der Waals surface area contributed by atoms with Crippen molar-refractivity contribution >= 4 is 29.9 Å². The molecule has 2 N–H and O–H groups in total. The minimum Gasteiger partial charge on any atom is -0.378 e. The third-order valence-electron chi connectivity index (χ3n) is 3.80. The number of aryl methyl sites for hydroxylation is 2. The lowest BCUT2D eigenvalue weighted by atomic mass is 10.1. The summed E-state index contributed by atoms with van der Waals surface area (Å²) in [6.45, 7) is 4.54. The largest absolute Gasteiger partial charge is 0.378 e. The van der Waals surface area contributed by atoms with Gasteiger partial charge in [-0.15, -0.1) is 12.4 Å². The number of carbonyl (C=O) groups is 1. The molecular weight excluding hydrogens is 327 g/mol. The van der Waals surface area contributed by atoms with Crippen molar-refractivity contribution in [2.45, 2.75) is 32.3 Å². The Bertz CT molecular complexity index is 499. The fourth-order valence-corrected chi connectivity index (χ4v) is 2.85. The van der Waals surface area contributed by atoms with Crippen molar-refractivity contribution in [1.82, 2.24) is 14.7 Å². The summed E-state index contributed by atoms with van der Waals surface area (Å²) < 4.78 is 7.28. The van der Waals surface area contributed by atoms with Gasteiger partial charge in [-0.05, 0) is 32.7 Å². The summed E-state index contributed by atoms with van der Waals surface area (Å²) in [5, 5.41) is 4.59. The summed E-state index contributed by atoms with van der Waals surface area (Å²) in [7, 11) is 1.74. The van der Waals surface area contributed by atoms with Crippen LogP contribution in [-0.2, 0) is 11.8 Å². The van der Waals surface area contributed by atoms with Gasteiger partial charge in [0, 0.05) is 26.7 Å². The summed E-state index contributed by atoms with van der Waals surface area (Å²) in [5.41, 5.74) is 6.64. The molecule has 0 spiro atoms. The smallest absolute Gasteiger partial charge is 0.258 e. The maximum Gasteiger partial charge on any atom is 0.258 e. The van der Waals surface area contributed by atoms with Crippen molar-refractivity contribution < 1.29 is 9.53 Å². The van der Waals surface area contributed by atoms with Crippen LogP contribution in [0.3, 0.4) is 0 Å². The summed E-state index contributed by atoms with van der Waals surface area (Å²) in [6, 6.07) is 0. The van der Waals surface area contributed by atoms with Crippen molar-refractivity contribution in [3.63, 3.8) is 0 Å². The second kappa shape index (κ2) is 8.72. The van der Waals surface area contributed by atoms with Gasteiger partial charge in [-0.1, -0.05) is 11.6 Å². The number of amides is 1. The van der Waals surface area contributed by atoms with Crippen LogP contribution in [-0.4, -0.2) is 52.9 Å². The Labute approximate surface area is 142 Å². The molecule has 2 heterocycles. The first-order chi connectivity index (χ1) is 10.0. The first-order valence-corrected chi connectivity index (χ1v) is 7.72. The molecule has 0 bridgehead atoms. The molecule has 8 heteroatoms. The molecule has 1 aliphatic heterocycles. The highest BCUT2D eigenvalue weighted by Gasteiger charge is 2.28. The highest BCUT2D eigenvalue weighted by atomic mass is 35.5. The maximum absolute atomic E-state index is 12.6.